The van der Waals surface area contributed by atoms with E-state index in [1.165, 1.54) is 5.56 Å². The van der Waals surface area contributed by atoms with Crippen LogP contribution in [0.25, 0.3) is 0 Å². The van der Waals surface area contributed by atoms with Gasteiger partial charge in [0.2, 0.25) is 0 Å². The first-order valence-electron chi connectivity index (χ1n) is 10.3. The van der Waals surface area contributed by atoms with E-state index < -0.39 is 0 Å². The van der Waals surface area contributed by atoms with Crippen LogP contribution in [0.15, 0.2) is 61.1 Å². The van der Waals surface area contributed by atoms with Gasteiger partial charge in [0.15, 0.2) is 0 Å². The molecule has 30 heavy (non-hydrogen) atoms. The van der Waals surface area contributed by atoms with Crippen LogP contribution in [0.4, 0.5) is 11.5 Å². The molecule has 0 radical (unpaired) electrons. The first-order chi connectivity index (χ1) is 14.5. The summed E-state index contributed by atoms with van der Waals surface area (Å²) in [6.07, 6.45) is 6.60. The van der Waals surface area contributed by atoms with Gasteiger partial charge < -0.3 is 15.4 Å². The number of nitrogens with zero attached hydrogens (tertiary/aromatic N) is 3. The maximum absolute atomic E-state index is 8.74. The second kappa shape index (κ2) is 8.53. The number of benzene rings is 1. The minimum absolute atomic E-state index is 0. The molecule has 1 saturated heterocycles. The van der Waals surface area contributed by atoms with E-state index >= 15 is 0 Å². The molecule has 1 aromatic carbocycles. The molecular weight excluding hydrogens is 374 g/mol. The maximum atomic E-state index is 8.74. The molecule has 0 amide bonds. The SMILES string of the molecule is CC(C)Oc1ccc(N)c(C(=N)c2ccnc(N3CCC(c4ccncc4)C3)c2)c1.[HH]. The second-order valence-electron chi connectivity index (χ2n) is 7.91. The molecule has 3 aromatic rings. The van der Waals surface area contributed by atoms with E-state index in [1.807, 2.05) is 50.5 Å². The summed E-state index contributed by atoms with van der Waals surface area (Å²) in [6, 6.07) is 13.5. The highest BCUT2D eigenvalue weighted by Gasteiger charge is 2.25. The molecule has 2 aromatic heterocycles. The molecule has 3 N–H and O–H groups in total. The third-order valence-corrected chi connectivity index (χ3v) is 5.39. The Kier molecular flexibility index (Phi) is 5.65. The fourth-order valence-electron chi connectivity index (χ4n) is 3.88. The van der Waals surface area contributed by atoms with E-state index in [0.717, 1.165) is 30.9 Å². The molecule has 1 unspecified atom stereocenters. The van der Waals surface area contributed by atoms with Gasteiger partial charge in [-0.05, 0) is 68.3 Å². The minimum atomic E-state index is 0. The lowest BCUT2D eigenvalue weighted by atomic mass is 10.00. The van der Waals surface area contributed by atoms with E-state index in [9.17, 15) is 0 Å². The van der Waals surface area contributed by atoms with E-state index in [4.69, 9.17) is 15.9 Å². The van der Waals surface area contributed by atoms with Gasteiger partial charge in [0.25, 0.3) is 0 Å². The molecule has 1 fully saturated rings. The van der Waals surface area contributed by atoms with Gasteiger partial charge in [-0.1, -0.05) is 0 Å². The van der Waals surface area contributed by atoms with Crippen LogP contribution in [-0.4, -0.2) is 34.9 Å². The summed E-state index contributed by atoms with van der Waals surface area (Å²) in [5.74, 6) is 2.08. The number of nitrogens with two attached hydrogens (primary N) is 1. The summed E-state index contributed by atoms with van der Waals surface area (Å²) in [5.41, 5.74) is 9.88. The van der Waals surface area contributed by atoms with Crippen molar-refractivity contribution in [1.29, 1.82) is 5.41 Å². The number of ether oxygens (including phenoxy) is 1. The zero-order valence-corrected chi connectivity index (χ0v) is 17.4. The number of pyridine rings is 2. The fourth-order valence-corrected chi connectivity index (χ4v) is 3.88. The molecule has 1 atom stereocenters. The topological polar surface area (TPSA) is 88.1 Å². The highest BCUT2D eigenvalue weighted by Crippen LogP contribution is 2.30. The molecule has 0 bridgehead atoms. The first kappa shape index (κ1) is 19.9. The predicted octanol–water partition coefficient (Wildman–Crippen LogP) is 4.50. The summed E-state index contributed by atoms with van der Waals surface area (Å²) >= 11 is 0. The van der Waals surface area contributed by atoms with Gasteiger partial charge >= 0.3 is 0 Å². The smallest absolute Gasteiger partial charge is 0.129 e. The first-order valence-corrected chi connectivity index (χ1v) is 10.3. The minimum Gasteiger partial charge on any atom is -0.491 e. The Morgan fingerprint density at radius 1 is 1.17 bits per heavy atom. The molecule has 1 aliphatic rings. The summed E-state index contributed by atoms with van der Waals surface area (Å²) in [5, 5.41) is 8.74. The van der Waals surface area contributed by atoms with Crippen molar-refractivity contribution >= 4 is 17.2 Å². The standard InChI is InChI=1S/C24H27N5O.H2/c1-16(2)30-20-3-4-22(25)21(14-20)24(26)18-7-11-28-23(13-18)29-12-8-19(15-29)17-5-9-27-10-6-17;/h3-7,9-11,13-14,16,19,26H,8,12,15,25H2,1-2H3;1H. The van der Waals surface area contributed by atoms with Gasteiger partial charge in [-0.25, -0.2) is 4.98 Å². The number of hydrogen-bond donors (Lipinski definition) is 2. The van der Waals surface area contributed by atoms with Crippen molar-refractivity contribution in [3.05, 3.63) is 77.7 Å². The van der Waals surface area contributed by atoms with Crippen molar-refractivity contribution < 1.29 is 6.16 Å². The second-order valence-corrected chi connectivity index (χ2v) is 7.91. The van der Waals surface area contributed by atoms with Gasteiger partial charge in [-0.2, -0.15) is 0 Å². The van der Waals surface area contributed by atoms with Crippen molar-refractivity contribution in [1.82, 2.24) is 9.97 Å². The monoisotopic (exact) mass is 403 g/mol. The van der Waals surface area contributed by atoms with Crippen LogP contribution >= 0.6 is 0 Å². The lowest BCUT2D eigenvalue weighted by Gasteiger charge is -2.19. The highest BCUT2D eigenvalue weighted by atomic mass is 16.5. The number of anilines is 2. The largest absolute Gasteiger partial charge is 0.491 e. The van der Waals surface area contributed by atoms with Crippen molar-refractivity contribution in [3.8, 4) is 5.75 Å². The Labute approximate surface area is 178 Å². The van der Waals surface area contributed by atoms with Gasteiger partial charge in [-0.3, -0.25) is 10.4 Å². The highest BCUT2D eigenvalue weighted by molar-refractivity contribution is 6.14. The van der Waals surface area contributed by atoms with Crippen molar-refractivity contribution in [2.24, 2.45) is 0 Å². The molecule has 0 aliphatic carbocycles. The summed E-state index contributed by atoms with van der Waals surface area (Å²) in [4.78, 5) is 11.0. The number of nitrogens with one attached hydrogen (secondary N) is 1. The average Bonchev–Trinajstić information content (AvgIpc) is 3.25. The van der Waals surface area contributed by atoms with Gasteiger partial charge in [-0.15, -0.1) is 0 Å². The number of rotatable bonds is 6. The number of hydrogen-bond acceptors (Lipinski definition) is 6. The lowest BCUT2D eigenvalue weighted by Crippen LogP contribution is -2.21. The van der Waals surface area contributed by atoms with Crippen LogP contribution in [0.3, 0.4) is 0 Å². The van der Waals surface area contributed by atoms with Crippen molar-refractivity contribution in [2.75, 3.05) is 23.7 Å². The lowest BCUT2D eigenvalue weighted by molar-refractivity contribution is 0.242. The summed E-state index contributed by atoms with van der Waals surface area (Å²) in [7, 11) is 0. The third kappa shape index (κ3) is 4.27. The number of nitrogen functional groups attached to an aromatic ring is 1. The molecule has 0 saturated carbocycles. The predicted molar refractivity (Wildman–Crippen MR) is 123 cm³/mol. The van der Waals surface area contributed by atoms with E-state index in [1.54, 1.807) is 12.3 Å². The Morgan fingerprint density at radius 2 is 1.97 bits per heavy atom. The van der Waals surface area contributed by atoms with E-state index in [-0.39, 0.29) is 7.53 Å². The van der Waals surface area contributed by atoms with Crippen LogP contribution in [0, 0.1) is 5.41 Å². The average molecular weight is 404 g/mol. The molecule has 0 spiro atoms. The zero-order chi connectivity index (χ0) is 21.1. The van der Waals surface area contributed by atoms with E-state index in [2.05, 4.69) is 27.0 Å². The Bertz CT molecular complexity index is 1040. The normalized spacial score (nSPS) is 16.1. The Balaban J connectivity index is 0.00000272. The van der Waals surface area contributed by atoms with Crippen molar-refractivity contribution in [2.45, 2.75) is 32.3 Å². The number of aromatic nitrogens is 2. The molecule has 156 valence electrons. The van der Waals surface area contributed by atoms with Crippen LogP contribution in [0.1, 0.15) is 44.3 Å². The third-order valence-electron chi connectivity index (χ3n) is 5.39. The van der Waals surface area contributed by atoms with E-state index in [0.29, 0.717) is 28.6 Å². The summed E-state index contributed by atoms with van der Waals surface area (Å²) < 4.78 is 5.78. The van der Waals surface area contributed by atoms with Crippen LogP contribution < -0.4 is 15.4 Å². The quantitative estimate of drug-likeness (QED) is 0.467. The molecule has 6 nitrogen and oxygen atoms in total. The van der Waals surface area contributed by atoms with Gasteiger partial charge in [0.05, 0.1) is 11.8 Å². The molecule has 1 aliphatic heterocycles. The van der Waals surface area contributed by atoms with Gasteiger partial charge in [0.1, 0.15) is 11.6 Å². The van der Waals surface area contributed by atoms with Crippen LogP contribution in [0.5, 0.6) is 5.75 Å². The zero-order valence-electron chi connectivity index (χ0n) is 17.4. The molecule has 4 rings (SSSR count). The maximum Gasteiger partial charge on any atom is 0.129 e. The fraction of sp³-hybridized carbons (Fsp3) is 0.292. The molecule has 6 heteroatoms. The van der Waals surface area contributed by atoms with Crippen molar-refractivity contribution in [3.63, 3.8) is 0 Å². The van der Waals surface area contributed by atoms with Gasteiger partial charge in [0, 0.05) is 55.8 Å². The van der Waals surface area contributed by atoms with Crippen LogP contribution in [0.2, 0.25) is 0 Å². The molecular formula is C24H29N5O. The van der Waals surface area contributed by atoms with Crippen LogP contribution in [-0.2, 0) is 0 Å². The Morgan fingerprint density at radius 3 is 2.73 bits per heavy atom. The summed E-state index contributed by atoms with van der Waals surface area (Å²) in [6.45, 7) is 5.81. The Hall–Kier alpha value is -3.41. The molecule has 3 heterocycles.